The number of carbonyl (C=O) groups excluding carboxylic acids is 1. The van der Waals surface area contributed by atoms with E-state index in [2.05, 4.69) is 11.2 Å². The van der Waals surface area contributed by atoms with Gasteiger partial charge in [0.25, 0.3) is 0 Å². The second-order valence-electron chi connectivity index (χ2n) is 4.40. The Morgan fingerprint density at radius 1 is 1.50 bits per heavy atom. The standard InChI is InChI=1S/C13H21NO2/c1-3-9-14-12(13(15)16-2)10-11-7-5-4-6-8-11/h1,11-12,14H,4-10H2,2H3. The van der Waals surface area contributed by atoms with E-state index in [0.717, 1.165) is 6.42 Å². The molecule has 0 saturated heterocycles. The molecule has 1 saturated carbocycles. The largest absolute Gasteiger partial charge is 0.468 e. The average molecular weight is 223 g/mol. The first-order chi connectivity index (χ1) is 7.77. The molecule has 0 heterocycles. The number of nitrogens with one attached hydrogen (secondary N) is 1. The summed E-state index contributed by atoms with van der Waals surface area (Å²) in [6.07, 6.45) is 12.4. The van der Waals surface area contributed by atoms with Gasteiger partial charge >= 0.3 is 5.97 Å². The first kappa shape index (κ1) is 13.1. The molecule has 3 heteroatoms. The molecule has 0 amide bonds. The van der Waals surface area contributed by atoms with Crippen molar-refractivity contribution >= 4 is 5.97 Å². The number of carbonyl (C=O) groups is 1. The third-order valence-corrected chi connectivity index (χ3v) is 3.23. The van der Waals surface area contributed by atoms with E-state index in [1.54, 1.807) is 0 Å². The van der Waals surface area contributed by atoms with Crippen molar-refractivity contribution in [3.05, 3.63) is 0 Å². The summed E-state index contributed by atoms with van der Waals surface area (Å²) in [5.41, 5.74) is 0. The summed E-state index contributed by atoms with van der Waals surface area (Å²) >= 11 is 0. The maximum atomic E-state index is 11.5. The van der Waals surface area contributed by atoms with Gasteiger partial charge in [-0.2, -0.15) is 0 Å². The third kappa shape index (κ3) is 4.24. The van der Waals surface area contributed by atoms with Crippen LogP contribution in [0.25, 0.3) is 0 Å². The summed E-state index contributed by atoms with van der Waals surface area (Å²) in [5, 5.41) is 3.06. The lowest BCUT2D eigenvalue weighted by Gasteiger charge is -2.25. The molecule has 0 spiro atoms. The van der Waals surface area contributed by atoms with E-state index in [0.29, 0.717) is 12.5 Å². The maximum absolute atomic E-state index is 11.5. The van der Waals surface area contributed by atoms with E-state index in [9.17, 15) is 4.79 Å². The zero-order valence-corrected chi connectivity index (χ0v) is 10.00. The van der Waals surface area contributed by atoms with Crippen LogP contribution in [0.5, 0.6) is 0 Å². The van der Waals surface area contributed by atoms with Gasteiger partial charge in [0.15, 0.2) is 0 Å². The quantitative estimate of drug-likeness (QED) is 0.569. The fourth-order valence-electron chi connectivity index (χ4n) is 2.34. The Hall–Kier alpha value is -1.01. The smallest absolute Gasteiger partial charge is 0.322 e. The second kappa shape index (κ2) is 7.29. The summed E-state index contributed by atoms with van der Waals surface area (Å²) in [7, 11) is 1.42. The summed E-state index contributed by atoms with van der Waals surface area (Å²) < 4.78 is 4.78. The van der Waals surface area contributed by atoms with E-state index < -0.39 is 0 Å². The SMILES string of the molecule is C#CCNC(CC1CCCCC1)C(=O)OC. The number of rotatable bonds is 5. The zero-order valence-electron chi connectivity index (χ0n) is 10.00. The Labute approximate surface area is 97.9 Å². The number of hydrogen-bond acceptors (Lipinski definition) is 3. The van der Waals surface area contributed by atoms with Crippen LogP contribution in [0.15, 0.2) is 0 Å². The molecule has 1 unspecified atom stereocenters. The summed E-state index contributed by atoms with van der Waals surface area (Å²) in [6, 6.07) is -0.232. The Morgan fingerprint density at radius 2 is 2.19 bits per heavy atom. The topological polar surface area (TPSA) is 38.3 Å². The fraction of sp³-hybridized carbons (Fsp3) is 0.769. The van der Waals surface area contributed by atoms with Crippen LogP contribution in [0.3, 0.4) is 0 Å². The van der Waals surface area contributed by atoms with Crippen LogP contribution < -0.4 is 5.32 Å². The van der Waals surface area contributed by atoms with E-state index >= 15 is 0 Å². The third-order valence-electron chi connectivity index (χ3n) is 3.23. The van der Waals surface area contributed by atoms with Crippen LogP contribution in [0.1, 0.15) is 38.5 Å². The molecule has 0 aromatic carbocycles. The van der Waals surface area contributed by atoms with E-state index in [1.807, 2.05) is 0 Å². The molecule has 90 valence electrons. The van der Waals surface area contributed by atoms with Crippen molar-refractivity contribution in [3.8, 4) is 12.3 Å². The Morgan fingerprint density at radius 3 is 2.75 bits per heavy atom. The van der Waals surface area contributed by atoms with Gasteiger partial charge in [0.2, 0.25) is 0 Å². The first-order valence-corrected chi connectivity index (χ1v) is 6.02. The number of hydrogen-bond donors (Lipinski definition) is 1. The fourth-order valence-corrected chi connectivity index (χ4v) is 2.34. The highest BCUT2D eigenvalue weighted by molar-refractivity contribution is 5.75. The van der Waals surface area contributed by atoms with Crippen LogP contribution in [-0.2, 0) is 9.53 Å². The zero-order chi connectivity index (χ0) is 11.8. The van der Waals surface area contributed by atoms with Gasteiger partial charge in [0.1, 0.15) is 6.04 Å². The highest BCUT2D eigenvalue weighted by Crippen LogP contribution is 2.27. The number of methoxy groups -OCH3 is 1. The molecule has 1 aliphatic carbocycles. The van der Waals surface area contributed by atoms with Gasteiger partial charge in [-0.25, -0.2) is 0 Å². The lowest BCUT2D eigenvalue weighted by Crippen LogP contribution is -2.39. The molecule has 1 N–H and O–H groups in total. The van der Waals surface area contributed by atoms with Crippen molar-refractivity contribution in [2.75, 3.05) is 13.7 Å². The highest BCUT2D eigenvalue weighted by atomic mass is 16.5. The number of terminal acetylenes is 1. The normalized spacial score (nSPS) is 18.8. The number of esters is 1. The van der Waals surface area contributed by atoms with Gasteiger partial charge in [-0.15, -0.1) is 6.42 Å². The second-order valence-corrected chi connectivity index (χ2v) is 4.40. The Kier molecular flexibility index (Phi) is 5.95. The van der Waals surface area contributed by atoms with Crippen LogP contribution in [-0.4, -0.2) is 25.7 Å². The molecule has 1 fully saturated rings. The van der Waals surface area contributed by atoms with E-state index in [1.165, 1.54) is 39.2 Å². The molecular weight excluding hydrogens is 202 g/mol. The van der Waals surface area contributed by atoms with Crippen LogP contribution in [0.4, 0.5) is 0 Å². The van der Waals surface area contributed by atoms with Crippen molar-refractivity contribution in [1.82, 2.24) is 5.32 Å². The summed E-state index contributed by atoms with van der Waals surface area (Å²) in [4.78, 5) is 11.5. The van der Waals surface area contributed by atoms with Crippen LogP contribution in [0, 0.1) is 18.3 Å². The highest BCUT2D eigenvalue weighted by Gasteiger charge is 2.24. The first-order valence-electron chi connectivity index (χ1n) is 6.02. The van der Waals surface area contributed by atoms with Crippen molar-refractivity contribution in [2.24, 2.45) is 5.92 Å². The maximum Gasteiger partial charge on any atom is 0.322 e. The summed E-state index contributed by atoms with van der Waals surface area (Å²) in [5.74, 6) is 2.94. The molecule has 3 nitrogen and oxygen atoms in total. The average Bonchev–Trinajstić information content (AvgIpc) is 2.34. The van der Waals surface area contributed by atoms with Crippen LogP contribution >= 0.6 is 0 Å². The minimum Gasteiger partial charge on any atom is -0.468 e. The molecule has 0 aromatic rings. The minimum atomic E-state index is -0.232. The molecule has 16 heavy (non-hydrogen) atoms. The minimum absolute atomic E-state index is 0.194. The van der Waals surface area contributed by atoms with Gasteiger partial charge in [-0.1, -0.05) is 38.0 Å². The Balaban J connectivity index is 2.41. The molecule has 1 aliphatic rings. The lowest BCUT2D eigenvalue weighted by atomic mass is 9.85. The Bertz CT molecular complexity index is 251. The van der Waals surface area contributed by atoms with Crippen molar-refractivity contribution in [3.63, 3.8) is 0 Å². The van der Waals surface area contributed by atoms with Crippen LogP contribution in [0.2, 0.25) is 0 Å². The molecule has 1 atom stereocenters. The molecule has 1 rings (SSSR count). The van der Waals surface area contributed by atoms with E-state index in [4.69, 9.17) is 11.2 Å². The van der Waals surface area contributed by atoms with Crippen molar-refractivity contribution in [2.45, 2.75) is 44.6 Å². The molecule has 0 aromatic heterocycles. The van der Waals surface area contributed by atoms with Gasteiger partial charge < -0.3 is 4.74 Å². The predicted molar refractivity (Wildman–Crippen MR) is 63.8 cm³/mol. The lowest BCUT2D eigenvalue weighted by molar-refractivity contribution is -0.143. The predicted octanol–water partition coefficient (Wildman–Crippen LogP) is 1.72. The molecule has 0 bridgehead atoms. The van der Waals surface area contributed by atoms with Gasteiger partial charge in [0.05, 0.1) is 13.7 Å². The van der Waals surface area contributed by atoms with Crippen molar-refractivity contribution < 1.29 is 9.53 Å². The molecular formula is C13H21NO2. The summed E-state index contributed by atoms with van der Waals surface area (Å²) in [6.45, 7) is 0.423. The van der Waals surface area contributed by atoms with Gasteiger partial charge in [-0.05, 0) is 12.3 Å². The van der Waals surface area contributed by atoms with Gasteiger partial charge in [0, 0.05) is 0 Å². The molecule has 0 radical (unpaired) electrons. The van der Waals surface area contributed by atoms with Crippen molar-refractivity contribution in [1.29, 1.82) is 0 Å². The monoisotopic (exact) mass is 223 g/mol. The van der Waals surface area contributed by atoms with E-state index in [-0.39, 0.29) is 12.0 Å². The molecule has 0 aliphatic heterocycles. The number of ether oxygens (including phenoxy) is 1. The van der Waals surface area contributed by atoms with Gasteiger partial charge in [-0.3, -0.25) is 10.1 Å².